The molecule has 4 heterocycles. The third kappa shape index (κ3) is 8.40. The van der Waals surface area contributed by atoms with Gasteiger partial charge in [-0.2, -0.15) is 0 Å². The van der Waals surface area contributed by atoms with E-state index >= 15 is 0 Å². The number of methoxy groups -OCH3 is 2. The Bertz CT molecular complexity index is 2100. The molecule has 12 nitrogen and oxygen atoms in total. The van der Waals surface area contributed by atoms with Crippen LogP contribution in [0.3, 0.4) is 0 Å². The molecule has 2 N–H and O–H groups in total. The van der Waals surface area contributed by atoms with Crippen molar-refractivity contribution >= 4 is 40.9 Å². The molecule has 1 saturated carbocycles. The Labute approximate surface area is 353 Å². The van der Waals surface area contributed by atoms with E-state index in [0.29, 0.717) is 32.7 Å². The van der Waals surface area contributed by atoms with Crippen molar-refractivity contribution in [2.24, 2.45) is 16.8 Å². The molecule has 6 aliphatic rings. The predicted molar refractivity (Wildman–Crippen MR) is 231 cm³/mol. The highest BCUT2D eigenvalue weighted by molar-refractivity contribution is 6.04. The van der Waals surface area contributed by atoms with Crippen molar-refractivity contribution in [1.82, 2.24) is 20.4 Å². The van der Waals surface area contributed by atoms with Crippen molar-refractivity contribution in [3.63, 3.8) is 0 Å². The first-order chi connectivity index (χ1) is 29.1. The molecule has 60 heavy (non-hydrogen) atoms. The minimum Gasteiger partial charge on any atom is -0.453 e. The number of likely N-dealkylation sites (tertiary alicyclic amines) is 2. The molecular formula is C48H59N5O7. The fraction of sp³-hybridized carbons (Fsp3) is 0.521. The summed E-state index contributed by atoms with van der Waals surface area (Å²) in [6.45, 7) is 6.38. The van der Waals surface area contributed by atoms with Gasteiger partial charge in [-0.1, -0.05) is 62.4 Å². The van der Waals surface area contributed by atoms with E-state index in [9.17, 15) is 19.2 Å². The lowest BCUT2D eigenvalue weighted by molar-refractivity contribution is -0.136. The number of hydrogen-bond acceptors (Lipinski definition) is 8. The number of alkyl carbamates (subject to hydrolysis) is 2. The number of carbonyl (C=O) groups is 4. The van der Waals surface area contributed by atoms with Gasteiger partial charge in [0.2, 0.25) is 11.8 Å². The van der Waals surface area contributed by atoms with Crippen LogP contribution in [0.5, 0.6) is 0 Å². The molecule has 3 saturated heterocycles. The van der Waals surface area contributed by atoms with Crippen LogP contribution in [0.4, 0.5) is 9.59 Å². The van der Waals surface area contributed by atoms with Crippen LogP contribution in [0.1, 0.15) is 95.6 Å². The highest BCUT2D eigenvalue weighted by Gasteiger charge is 2.43. The van der Waals surface area contributed by atoms with Gasteiger partial charge in [-0.15, -0.1) is 0 Å². The molecule has 2 unspecified atom stereocenters. The third-order valence-corrected chi connectivity index (χ3v) is 13.6. The molecule has 2 aromatic carbocycles. The zero-order valence-electron chi connectivity index (χ0n) is 35.5. The SMILES string of the molecule is COC(=O)NC(C(=O)N1CCCC1C1=C2CCCC2=C(c2ccc(-c3ccc(C4=CN=C([C@@H]5CCCN5C(=O)[C@@H](NC(=O)OC)C(C)C)C4)cc3)cc2)C1)C1CCOCC1. The summed E-state index contributed by atoms with van der Waals surface area (Å²) >= 11 is 0. The standard InChI is InChI=1S/C48H59N5O7/c1-29(2)43(50-47(56)58-3)45(54)53-23-7-11-42(53)40-26-35(28-49-40)32-14-12-30(13-15-32)31-16-18-33(19-17-31)38-27-39(37-9-5-8-36(37)38)41-10-6-22-52(41)46(55)44(51-48(57)59-4)34-20-24-60-25-21-34/h12-19,28-29,34,41-44H,5-11,20-27H2,1-4H3,(H,50,56)(H,51,57)/t41?,42-,43-,44?/m0/s1. The van der Waals surface area contributed by atoms with Gasteiger partial charge < -0.3 is 34.6 Å². The van der Waals surface area contributed by atoms with Gasteiger partial charge in [0.05, 0.1) is 26.3 Å². The van der Waals surface area contributed by atoms with E-state index in [1.807, 2.05) is 24.9 Å². The van der Waals surface area contributed by atoms with E-state index in [1.165, 1.54) is 42.1 Å². The molecule has 2 aliphatic carbocycles. The fourth-order valence-corrected chi connectivity index (χ4v) is 10.4. The van der Waals surface area contributed by atoms with E-state index in [2.05, 4.69) is 64.1 Å². The first-order valence-corrected chi connectivity index (χ1v) is 21.9. The maximum absolute atomic E-state index is 14.3. The lowest BCUT2D eigenvalue weighted by atomic mass is 9.89. The van der Waals surface area contributed by atoms with Crippen LogP contribution in [-0.2, 0) is 23.8 Å². The number of aliphatic imine (C=N–C) groups is 1. The number of amides is 4. The number of allylic oxidation sites excluding steroid dienone is 4. The van der Waals surface area contributed by atoms with Gasteiger partial charge in [-0.3, -0.25) is 14.6 Å². The van der Waals surface area contributed by atoms with Crippen LogP contribution in [0.15, 0.2) is 76.4 Å². The zero-order chi connectivity index (χ0) is 41.9. The summed E-state index contributed by atoms with van der Waals surface area (Å²) in [6.07, 6.45) is 10.7. The molecule has 0 radical (unpaired) electrons. The maximum Gasteiger partial charge on any atom is 0.407 e. The second-order valence-corrected chi connectivity index (χ2v) is 17.4. The lowest BCUT2D eigenvalue weighted by Gasteiger charge is -2.35. The Hall–Kier alpha value is -5.23. The second-order valence-electron chi connectivity index (χ2n) is 17.4. The Balaban J connectivity index is 0.911. The van der Waals surface area contributed by atoms with Crippen molar-refractivity contribution in [2.75, 3.05) is 40.5 Å². The van der Waals surface area contributed by atoms with Crippen LogP contribution in [0.2, 0.25) is 0 Å². The Morgan fingerprint density at radius 2 is 1.27 bits per heavy atom. The minimum atomic E-state index is -0.654. The Morgan fingerprint density at radius 3 is 1.92 bits per heavy atom. The normalized spacial score (nSPS) is 22.8. The molecule has 4 fully saturated rings. The molecule has 2 aromatic rings. The monoisotopic (exact) mass is 817 g/mol. The van der Waals surface area contributed by atoms with Crippen LogP contribution < -0.4 is 10.6 Å². The first kappa shape index (κ1) is 41.5. The Kier molecular flexibility index (Phi) is 12.6. The number of hydrogen-bond donors (Lipinski definition) is 2. The van der Waals surface area contributed by atoms with E-state index in [4.69, 9.17) is 19.2 Å². The molecule has 0 aromatic heterocycles. The quantitative estimate of drug-likeness (QED) is 0.237. The topological polar surface area (TPSA) is 139 Å². The zero-order valence-corrected chi connectivity index (χ0v) is 35.5. The summed E-state index contributed by atoms with van der Waals surface area (Å²) in [5.74, 6) is -0.145. The van der Waals surface area contributed by atoms with Crippen LogP contribution in [-0.4, -0.2) is 104 Å². The van der Waals surface area contributed by atoms with E-state index in [1.54, 1.807) is 0 Å². The smallest absolute Gasteiger partial charge is 0.407 e. The highest BCUT2D eigenvalue weighted by Crippen LogP contribution is 2.50. The first-order valence-electron chi connectivity index (χ1n) is 21.9. The van der Waals surface area contributed by atoms with Crippen molar-refractivity contribution < 1.29 is 33.4 Å². The van der Waals surface area contributed by atoms with Crippen LogP contribution >= 0.6 is 0 Å². The predicted octanol–water partition coefficient (Wildman–Crippen LogP) is 7.69. The fourth-order valence-electron chi connectivity index (χ4n) is 10.4. The van der Waals surface area contributed by atoms with E-state index < -0.39 is 24.3 Å². The molecule has 0 bridgehead atoms. The van der Waals surface area contributed by atoms with Crippen LogP contribution in [0.25, 0.3) is 22.3 Å². The molecule has 0 spiro atoms. The van der Waals surface area contributed by atoms with Gasteiger partial charge in [0.25, 0.3) is 0 Å². The summed E-state index contributed by atoms with van der Waals surface area (Å²) < 4.78 is 15.3. The van der Waals surface area contributed by atoms with E-state index in [-0.39, 0.29) is 35.7 Å². The van der Waals surface area contributed by atoms with Gasteiger partial charge in [-0.05, 0) is 126 Å². The summed E-state index contributed by atoms with van der Waals surface area (Å²) in [5, 5.41) is 5.63. The summed E-state index contributed by atoms with van der Waals surface area (Å²) in [7, 11) is 2.65. The number of benzene rings is 2. The Morgan fingerprint density at radius 1 is 0.683 bits per heavy atom. The summed E-state index contributed by atoms with van der Waals surface area (Å²) in [4.78, 5) is 61.1. The van der Waals surface area contributed by atoms with Gasteiger partial charge >= 0.3 is 12.2 Å². The molecular weight excluding hydrogens is 759 g/mol. The maximum atomic E-state index is 14.3. The number of nitrogens with zero attached hydrogens (tertiary/aromatic N) is 3. The van der Waals surface area contributed by atoms with Crippen molar-refractivity contribution in [2.45, 2.75) is 109 Å². The average Bonchev–Trinajstić information content (AvgIpc) is 4.13. The largest absolute Gasteiger partial charge is 0.453 e. The number of carbonyl (C=O) groups excluding carboxylic acids is 4. The van der Waals surface area contributed by atoms with E-state index in [0.717, 1.165) is 92.2 Å². The van der Waals surface area contributed by atoms with Crippen LogP contribution in [0, 0.1) is 11.8 Å². The van der Waals surface area contributed by atoms with Crippen molar-refractivity contribution in [3.8, 4) is 11.1 Å². The molecule has 4 atom stereocenters. The number of rotatable bonds is 11. The molecule has 318 valence electrons. The van der Waals surface area contributed by atoms with Gasteiger partial charge in [0.1, 0.15) is 12.1 Å². The molecule has 12 heteroatoms. The minimum absolute atomic E-state index is 0.00189. The second kappa shape index (κ2) is 18.2. The third-order valence-electron chi connectivity index (χ3n) is 13.6. The lowest BCUT2D eigenvalue weighted by Crippen LogP contribution is -2.54. The van der Waals surface area contributed by atoms with Gasteiger partial charge in [0.15, 0.2) is 0 Å². The summed E-state index contributed by atoms with van der Waals surface area (Å²) in [5.41, 5.74) is 12.5. The van der Waals surface area contributed by atoms with Gasteiger partial charge in [0, 0.05) is 44.6 Å². The highest BCUT2D eigenvalue weighted by atomic mass is 16.5. The van der Waals surface area contributed by atoms with Gasteiger partial charge in [-0.25, -0.2) is 9.59 Å². The number of fused-ring (bicyclic) bond motifs is 1. The van der Waals surface area contributed by atoms with Crippen molar-refractivity contribution in [1.29, 1.82) is 0 Å². The molecule has 4 aliphatic heterocycles. The summed E-state index contributed by atoms with van der Waals surface area (Å²) in [6, 6.07) is 16.3. The molecule has 8 rings (SSSR count). The molecule has 4 amide bonds. The average molecular weight is 818 g/mol. The van der Waals surface area contributed by atoms with Crippen molar-refractivity contribution in [3.05, 3.63) is 82.6 Å². The number of ether oxygens (including phenoxy) is 3. The number of nitrogens with one attached hydrogen (secondary N) is 2.